The average molecular weight is 420 g/mol. The molecule has 3 aromatic rings. The number of rotatable bonds is 4. The summed E-state index contributed by atoms with van der Waals surface area (Å²) in [6.07, 6.45) is 1.74. The summed E-state index contributed by atoms with van der Waals surface area (Å²) in [5.74, 6) is 1.27. The van der Waals surface area contributed by atoms with Crippen molar-refractivity contribution in [2.75, 3.05) is 13.7 Å². The maximum absolute atomic E-state index is 13.5. The Bertz CT molecular complexity index is 1200. The Morgan fingerprint density at radius 2 is 1.67 bits per heavy atom. The zero-order valence-electron chi connectivity index (χ0n) is 17.2. The summed E-state index contributed by atoms with van der Waals surface area (Å²) in [7, 11) is -1.88. The molecule has 1 heterocycles. The van der Waals surface area contributed by atoms with Crippen LogP contribution in [0.2, 0.25) is 0 Å². The summed E-state index contributed by atoms with van der Waals surface area (Å²) in [6, 6.07) is 21.7. The topological polar surface area (TPSA) is 46.6 Å². The van der Waals surface area contributed by atoms with E-state index >= 15 is 0 Å². The molecule has 0 aromatic heterocycles. The van der Waals surface area contributed by atoms with Crippen LogP contribution in [0.4, 0.5) is 0 Å². The molecule has 5 heteroatoms. The number of benzene rings is 3. The van der Waals surface area contributed by atoms with Crippen LogP contribution >= 0.6 is 0 Å². The lowest BCUT2D eigenvalue weighted by Gasteiger charge is -2.33. The van der Waals surface area contributed by atoms with Crippen molar-refractivity contribution in [1.29, 1.82) is 0 Å². The minimum atomic E-state index is -3.54. The number of ether oxygens (including phenoxy) is 1. The van der Waals surface area contributed by atoms with Gasteiger partial charge in [0.15, 0.2) is 0 Å². The number of nitrogens with zero attached hydrogens (tertiary/aromatic N) is 1. The van der Waals surface area contributed by atoms with Gasteiger partial charge in [-0.25, -0.2) is 8.42 Å². The molecule has 1 fully saturated rings. The molecule has 0 spiro atoms. The smallest absolute Gasteiger partial charge is 0.243 e. The molecule has 0 saturated carbocycles. The number of methoxy groups -OCH3 is 1. The number of hydrogen-bond donors (Lipinski definition) is 0. The second-order valence-electron chi connectivity index (χ2n) is 8.19. The van der Waals surface area contributed by atoms with Crippen molar-refractivity contribution in [1.82, 2.24) is 4.31 Å². The Morgan fingerprint density at radius 3 is 2.40 bits per heavy atom. The Morgan fingerprint density at radius 1 is 0.933 bits per heavy atom. The molecule has 0 amide bonds. The zero-order chi connectivity index (χ0) is 20.9. The van der Waals surface area contributed by atoms with Crippen LogP contribution in [0.5, 0.6) is 5.75 Å². The van der Waals surface area contributed by atoms with E-state index in [9.17, 15) is 8.42 Å². The van der Waals surface area contributed by atoms with Crippen molar-refractivity contribution >= 4 is 10.0 Å². The van der Waals surface area contributed by atoms with Crippen molar-refractivity contribution in [3.8, 4) is 16.9 Å². The molecule has 2 atom stereocenters. The monoisotopic (exact) mass is 419 g/mol. The Hall–Kier alpha value is -2.63. The Labute approximate surface area is 178 Å². The predicted molar refractivity (Wildman–Crippen MR) is 118 cm³/mol. The molecule has 2 bridgehead atoms. The van der Waals surface area contributed by atoms with Crippen LogP contribution in [0, 0.1) is 6.92 Å². The molecule has 0 radical (unpaired) electrons. The summed E-state index contributed by atoms with van der Waals surface area (Å²) >= 11 is 0. The van der Waals surface area contributed by atoms with E-state index in [1.807, 2.05) is 43.3 Å². The van der Waals surface area contributed by atoms with Crippen LogP contribution in [0.25, 0.3) is 11.1 Å². The minimum Gasteiger partial charge on any atom is -0.497 e. The van der Waals surface area contributed by atoms with E-state index in [1.54, 1.807) is 23.5 Å². The van der Waals surface area contributed by atoms with Gasteiger partial charge in [-0.2, -0.15) is 4.31 Å². The average Bonchev–Trinajstić information content (AvgIpc) is 3.04. The van der Waals surface area contributed by atoms with E-state index in [4.69, 9.17) is 4.74 Å². The molecule has 2 aliphatic rings. The molecule has 1 aliphatic heterocycles. The molecule has 3 aromatic carbocycles. The Kier molecular flexibility index (Phi) is 4.68. The van der Waals surface area contributed by atoms with Crippen molar-refractivity contribution in [3.63, 3.8) is 0 Å². The summed E-state index contributed by atoms with van der Waals surface area (Å²) in [5, 5.41) is 0. The fourth-order valence-corrected chi connectivity index (χ4v) is 6.82. The second kappa shape index (κ2) is 7.25. The van der Waals surface area contributed by atoms with Gasteiger partial charge in [-0.1, -0.05) is 42.5 Å². The van der Waals surface area contributed by atoms with Crippen LogP contribution < -0.4 is 4.74 Å². The largest absolute Gasteiger partial charge is 0.497 e. The van der Waals surface area contributed by atoms with Crippen LogP contribution in [0.15, 0.2) is 71.6 Å². The fourth-order valence-electron chi connectivity index (χ4n) is 4.97. The van der Waals surface area contributed by atoms with Gasteiger partial charge in [-0.15, -0.1) is 0 Å². The molecule has 30 heavy (non-hydrogen) atoms. The molecule has 1 unspecified atom stereocenters. The van der Waals surface area contributed by atoms with Crippen LogP contribution in [-0.4, -0.2) is 26.4 Å². The number of hydrogen-bond acceptors (Lipinski definition) is 3. The van der Waals surface area contributed by atoms with Gasteiger partial charge in [0, 0.05) is 6.54 Å². The third kappa shape index (κ3) is 3.04. The maximum Gasteiger partial charge on any atom is 0.243 e. The predicted octanol–water partition coefficient (Wildman–Crippen LogP) is 5.29. The highest BCUT2D eigenvalue weighted by molar-refractivity contribution is 7.89. The standard InChI is InChI=1S/C25H25NO3S/c1-17-5-3-4-6-25(17)30(27,28)26-14-13-20-16-24(26)23-15-19(9-12-22(20)23)18-7-10-21(29-2)11-8-18/h3-12,15,20,24H,13-14,16H2,1-2H3/t20-,24?/m1/s1. The van der Waals surface area contributed by atoms with Gasteiger partial charge in [-0.3, -0.25) is 0 Å². The first-order chi connectivity index (χ1) is 14.5. The second-order valence-corrected chi connectivity index (χ2v) is 10.0. The van der Waals surface area contributed by atoms with Gasteiger partial charge in [-0.05, 0) is 77.8 Å². The summed E-state index contributed by atoms with van der Waals surface area (Å²) in [4.78, 5) is 0.420. The molecular formula is C25H25NO3S. The molecule has 0 N–H and O–H groups in total. The lowest BCUT2D eigenvalue weighted by Crippen LogP contribution is -2.37. The third-order valence-electron chi connectivity index (χ3n) is 6.54. The number of piperidine rings is 1. The molecule has 5 rings (SSSR count). The number of fused-ring (bicyclic) bond motifs is 5. The normalized spacial score (nSPS) is 20.7. The van der Waals surface area contributed by atoms with Gasteiger partial charge in [0.2, 0.25) is 10.0 Å². The van der Waals surface area contributed by atoms with Crippen LogP contribution in [-0.2, 0) is 10.0 Å². The van der Waals surface area contributed by atoms with E-state index in [1.165, 1.54) is 5.56 Å². The first-order valence-electron chi connectivity index (χ1n) is 10.3. The molecule has 154 valence electrons. The van der Waals surface area contributed by atoms with Gasteiger partial charge >= 0.3 is 0 Å². The quantitative estimate of drug-likeness (QED) is 0.577. The fraction of sp³-hybridized carbons (Fsp3) is 0.280. The summed E-state index contributed by atoms with van der Waals surface area (Å²) < 4.78 is 34.1. The third-order valence-corrected chi connectivity index (χ3v) is 8.61. The number of aryl methyl sites for hydroxylation is 1. The van der Waals surface area contributed by atoms with Gasteiger partial charge in [0.1, 0.15) is 5.75 Å². The van der Waals surface area contributed by atoms with E-state index in [0.717, 1.165) is 40.8 Å². The zero-order valence-corrected chi connectivity index (χ0v) is 18.0. The molecule has 4 nitrogen and oxygen atoms in total. The van der Waals surface area contributed by atoms with Crippen molar-refractivity contribution in [2.24, 2.45) is 0 Å². The van der Waals surface area contributed by atoms with Crippen molar-refractivity contribution in [3.05, 3.63) is 83.4 Å². The minimum absolute atomic E-state index is 0.0958. The molecular weight excluding hydrogens is 394 g/mol. The van der Waals surface area contributed by atoms with E-state index < -0.39 is 10.0 Å². The van der Waals surface area contributed by atoms with Gasteiger partial charge in [0.25, 0.3) is 0 Å². The van der Waals surface area contributed by atoms with Gasteiger partial charge < -0.3 is 4.74 Å². The highest BCUT2D eigenvalue weighted by Crippen LogP contribution is 2.51. The lowest BCUT2D eigenvalue weighted by molar-refractivity contribution is 0.259. The highest BCUT2D eigenvalue weighted by atomic mass is 32.2. The highest BCUT2D eigenvalue weighted by Gasteiger charge is 2.44. The maximum atomic E-state index is 13.5. The number of sulfonamides is 1. The Balaban J connectivity index is 1.55. The first-order valence-corrected chi connectivity index (χ1v) is 11.8. The lowest BCUT2D eigenvalue weighted by atomic mass is 9.95. The molecule has 1 aliphatic carbocycles. The van der Waals surface area contributed by atoms with E-state index in [-0.39, 0.29) is 6.04 Å². The molecule has 1 saturated heterocycles. The van der Waals surface area contributed by atoms with Gasteiger partial charge in [0.05, 0.1) is 18.0 Å². The van der Waals surface area contributed by atoms with E-state index in [2.05, 4.69) is 18.2 Å². The van der Waals surface area contributed by atoms with E-state index in [0.29, 0.717) is 17.4 Å². The van der Waals surface area contributed by atoms with Crippen molar-refractivity contribution in [2.45, 2.75) is 36.6 Å². The first kappa shape index (κ1) is 19.3. The van der Waals surface area contributed by atoms with Crippen LogP contribution in [0.3, 0.4) is 0 Å². The van der Waals surface area contributed by atoms with Crippen LogP contribution in [0.1, 0.15) is 41.5 Å². The summed E-state index contributed by atoms with van der Waals surface area (Å²) in [5.41, 5.74) is 5.47. The summed E-state index contributed by atoms with van der Waals surface area (Å²) in [6.45, 7) is 2.43. The van der Waals surface area contributed by atoms with Crippen molar-refractivity contribution < 1.29 is 13.2 Å². The SMILES string of the molecule is COc1ccc(-c2ccc3c(c2)C2C[C@H]3CCN2S(=O)(=O)c2ccccc2C)cc1.